The van der Waals surface area contributed by atoms with Crippen LogP contribution in [0.25, 0.3) is 0 Å². The number of rotatable bonds is 1. The smallest absolute Gasteiger partial charge is 0.171 e. The highest BCUT2D eigenvalue weighted by molar-refractivity contribution is 7.86. The lowest BCUT2D eigenvalue weighted by molar-refractivity contribution is 0.406. The molecule has 0 spiro atoms. The van der Waals surface area contributed by atoms with Gasteiger partial charge in [0.25, 0.3) is 0 Å². The molecular formula is C4H8OS2. The van der Waals surface area contributed by atoms with Crippen molar-refractivity contribution < 1.29 is 4.74 Å². The van der Waals surface area contributed by atoms with Crippen LogP contribution in [0.2, 0.25) is 0 Å². The maximum absolute atomic E-state index is 4.68. The van der Waals surface area contributed by atoms with Gasteiger partial charge in [0.1, 0.15) is 0 Å². The fourth-order valence-electron chi connectivity index (χ4n) is 0.171. The van der Waals surface area contributed by atoms with Crippen molar-refractivity contribution in [1.29, 1.82) is 0 Å². The maximum atomic E-state index is 4.68. The van der Waals surface area contributed by atoms with Gasteiger partial charge in [-0.3, -0.25) is 0 Å². The molecule has 0 N–H and O–H groups in total. The third-order valence-electron chi connectivity index (χ3n) is 0.542. The van der Waals surface area contributed by atoms with Gasteiger partial charge in [0.15, 0.2) is 5.05 Å². The third kappa shape index (κ3) is 2.88. The third-order valence-corrected chi connectivity index (χ3v) is 1.47. The van der Waals surface area contributed by atoms with E-state index < -0.39 is 0 Å². The molecule has 7 heavy (non-hydrogen) atoms. The van der Waals surface area contributed by atoms with E-state index in [1.807, 2.05) is 6.92 Å². The molecule has 0 amide bonds. The predicted molar refractivity (Wildman–Crippen MR) is 38.1 cm³/mol. The summed E-state index contributed by atoms with van der Waals surface area (Å²) >= 11 is 8.69. The van der Waals surface area contributed by atoms with Crippen LogP contribution < -0.4 is 0 Å². The summed E-state index contributed by atoms with van der Waals surface area (Å²) in [6.07, 6.45) is 0. The fraction of sp³-hybridized carbons (Fsp3) is 0.750. The van der Waals surface area contributed by atoms with Crippen molar-refractivity contribution in [3.05, 3.63) is 0 Å². The van der Waals surface area contributed by atoms with E-state index >= 15 is 0 Å². The number of thiocarbonyl (C=S) groups is 1. The van der Waals surface area contributed by atoms with Gasteiger partial charge < -0.3 is 4.74 Å². The van der Waals surface area contributed by atoms with Crippen LogP contribution in [0.1, 0.15) is 6.92 Å². The molecular weight excluding hydrogens is 128 g/mol. The van der Waals surface area contributed by atoms with Crippen molar-refractivity contribution in [3.8, 4) is 0 Å². The van der Waals surface area contributed by atoms with Crippen LogP contribution in [0.3, 0.4) is 0 Å². The molecule has 0 aromatic carbocycles. The molecule has 0 aromatic rings. The highest BCUT2D eigenvalue weighted by atomic mass is 32.1. The average Bonchev–Trinajstić information content (AvgIpc) is 1.65. The van der Waals surface area contributed by atoms with Gasteiger partial charge in [-0.05, 0) is 19.1 Å². The zero-order valence-corrected chi connectivity index (χ0v) is 6.05. The minimum atomic E-state index is 0.0694. The van der Waals surface area contributed by atoms with Gasteiger partial charge in [-0.2, -0.15) is 12.6 Å². The number of hydrogen-bond acceptors (Lipinski definition) is 3. The van der Waals surface area contributed by atoms with Crippen LogP contribution in [-0.2, 0) is 4.74 Å². The van der Waals surface area contributed by atoms with E-state index in [0.717, 1.165) is 0 Å². The minimum Gasteiger partial charge on any atom is -0.489 e. The lowest BCUT2D eigenvalue weighted by Gasteiger charge is -2.01. The van der Waals surface area contributed by atoms with Crippen LogP contribution in [-0.4, -0.2) is 17.4 Å². The minimum absolute atomic E-state index is 0.0694. The Morgan fingerprint density at radius 2 is 2.29 bits per heavy atom. The van der Waals surface area contributed by atoms with Gasteiger partial charge in [0, 0.05) is 0 Å². The normalized spacial score (nSPS) is 13.0. The molecule has 0 fully saturated rings. The zero-order chi connectivity index (χ0) is 5.86. The first kappa shape index (κ1) is 7.24. The van der Waals surface area contributed by atoms with E-state index in [0.29, 0.717) is 5.05 Å². The van der Waals surface area contributed by atoms with Gasteiger partial charge >= 0.3 is 0 Å². The summed E-state index contributed by atoms with van der Waals surface area (Å²) in [5.74, 6) is 0. The van der Waals surface area contributed by atoms with E-state index in [-0.39, 0.29) is 5.25 Å². The number of ether oxygens (including phenoxy) is 1. The summed E-state index contributed by atoms with van der Waals surface area (Å²) in [5, 5.41) is 0.614. The molecule has 0 aliphatic heterocycles. The maximum Gasteiger partial charge on any atom is 0.171 e. The second kappa shape index (κ2) is 3.27. The van der Waals surface area contributed by atoms with Crippen molar-refractivity contribution in [2.75, 3.05) is 7.11 Å². The van der Waals surface area contributed by atoms with Crippen LogP contribution >= 0.6 is 24.8 Å². The highest BCUT2D eigenvalue weighted by Crippen LogP contribution is 1.95. The molecule has 0 saturated carbocycles. The molecule has 0 aliphatic carbocycles. The topological polar surface area (TPSA) is 9.23 Å². The molecule has 42 valence electrons. The molecule has 1 nitrogen and oxygen atoms in total. The number of methoxy groups -OCH3 is 1. The largest absolute Gasteiger partial charge is 0.489 e. The second-order valence-corrected chi connectivity index (χ2v) is 2.38. The Balaban J connectivity index is 3.35. The Hall–Kier alpha value is 0.240. The molecule has 1 unspecified atom stereocenters. The Morgan fingerprint density at radius 1 is 1.86 bits per heavy atom. The lowest BCUT2D eigenvalue weighted by Crippen LogP contribution is -2.08. The first-order chi connectivity index (χ1) is 3.18. The van der Waals surface area contributed by atoms with E-state index in [9.17, 15) is 0 Å². The van der Waals surface area contributed by atoms with Crippen LogP contribution in [0.4, 0.5) is 0 Å². The first-order valence-electron chi connectivity index (χ1n) is 1.94. The second-order valence-electron chi connectivity index (χ2n) is 1.20. The van der Waals surface area contributed by atoms with Crippen LogP contribution in [0.15, 0.2) is 0 Å². The number of thiol groups is 1. The monoisotopic (exact) mass is 136 g/mol. The van der Waals surface area contributed by atoms with Crippen molar-refractivity contribution >= 4 is 29.9 Å². The van der Waals surface area contributed by atoms with Gasteiger partial charge in [-0.1, -0.05) is 0 Å². The number of hydrogen-bond donors (Lipinski definition) is 1. The molecule has 0 bridgehead atoms. The average molecular weight is 136 g/mol. The highest BCUT2D eigenvalue weighted by Gasteiger charge is 1.98. The SMILES string of the molecule is COC(=S)C(C)S. The molecule has 0 aliphatic rings. The summed E-state index contributed by atoms with van der Waals surface area (Å²) in [6.45, 7) is 1.87. The lowest BCUT2D eigenvalue weighted by atomic mass is 10.5. The summed E-state index contributed by atoms with van der Waals surface area (Å²) in [4.78, 5) is 0. The van der Waals surface area contributed by atoms with Gasteiger partial charge in [0.2, 0.25) is 0 Å². The van der Waals surface area contributed by atoms with Gasteiger partial charge in [-0.25, -0.2) is 0 Å². The molecule has 0 rings (SSSR count). The van der Waals surface area contributed by atoms with Crippen molar-refractivity contribution in [2.45, 2.75) is 12.2 Å². The molecule has 0 radical (unpaired) electrons. The first-order valence-corrected chi connectivity index (χ1v) is 2.87. The summed E-state index contributed by atoms with van der Waals surface area (Å²) < 4.78 is 4.67. The summed E-state index contributed by atoms with van der Waals surface area (Å²) in [5.41, 5.74) is 0. The van der Waals surface area contributed by atoms with E-state index in [2.05, 4.69) is 29.6 Å². The van der Waals surface area contributed by atoms with E-state index in [4.69, 9.17) is 0 Å². The summed E-state index contributed by atoms with van der Waals surface area (Å²) in [7, 11) is 1.55. The standard InChI is InChI=1S/C4H8OS2/c1-3(6)4(7)5-2/h3,6H,1-2H3. The van der Waals surface area contributed by atoms with Crippen molar-refractivity contribution in [1.82, 2.24) is 0 Å². The molecule has 1 atom stereocenters. The molecule has 0 heterocycles. The zero-order valence-electron chi connectivity index (χ0n) is 4.34. The van der Waals surface area contributed by atoms with Crippen molar-refractivity contribution in [2.24, 2.45) is 0 Å². The Morgan fingerprint density at radius 3 is 2.29 bits per heavy atom. The Kier molecular flexibility index (Phi) is 3.38. The van der Waals surface area contributed by atoms with Gasteiger partial charge in [0.05, 0.1) is 12.4 Å². The molecule has 3 heteroatoms. The molecule has 0 aromatic heterocycles. The Bertz CT molecular complexity index is 70.1. The fourth-order valence-corrected chi connectivity index (χ4v) is 0.276. The molecule has 0 saturated heterocycles. The predicted octanol–water partition coefficient (Wildman–Crippen LogP) is 1.28. The quantitative estimate of drug-likeness (QED) is 0.429. The summed E-state index contributed by atoms with van der Waals surface area (Å²) in [6, 6.07) is 0. The van der Waals surface area contributed by atoms with Gasteiger partial charge in [-0.15, -0.1) is 0 Å². The van der Waals surface area contributed by atoms with E-state index in [1.54, 1.807) is 7.11 Å². The van der Waals surface area contributed by atoms with Crippen LogP contribution in [0, 0.1) is 0 Å². The van der Waals surface area contributed by atoms with Crippen LogP contribution in [0.5, 0.6) is 0 Å². The van der Waals surface area contributed by atoms with Crippen molar-refractivity contribution in [3.63, 3.8) is 0 Å². The van der Waals surface area contributed by atoms with E-state index in [1.165, 1.54) is 0 Å². The Labute approximate surface area is 54.5 Å².